The van der Waals surface area contributed by atoms with Crippen LogP contribution in [0.3, 0.4) is 0 Å². The molecule has 0 spiro atoms. The van der Waals surface area contributed by atoms with Crippen molar-refractivity contribution in [2.45, 2.75) is 19.0 Å². The van der Waals surface area contributed by atoms with E-state index >= 15 is 0 Å². The molecule has 0 bridgehead atoms. The molecule has 13 heavy (non-hydrogen) atoms. The third kappa shape index (κ3) is 2.84. The molecule has 2 atom stereocenters. The van der Waals surface area contributed by atoms with E-state index in [1.165, 1.54) is 0 Å². The summed E-state index contributed by atoms with van der Waals surface area (Å²) < 4.78 is 57.3. The molecule has 0 aliphatic heterocycles. The van der Waals surface area contributed by atoms with Crippen LogP contribution in [0.4, 0.5) is 13.2 Å². The SMILES string of the molecule is NS(=O)(=O)CC1CCC1C(F)(F)F. The molecule has 0 aromatic rings. The second-order valence-corrected chi connectivity index (χ2v) is 4.97. The molecule has 7 heteroatoms. The van der Waals surface area contributed by atoms with Crippen molar-refractivity contribution in [2.24, 2.45) is 17.0 Å². The summed E-state index contributed by atoms with van der Waals surface area (Å²) in [5.74, 6) is -2.88. The van der Waals surface area contributed by atoms with Crippen molar-refractivity contribution >= 4 is 10.0 Å². The van der Waals surface area contributed by atoms with Gasteiger partial charge in [0.25, 0.3) is 0 Å². The van der Waals surface area contributed by atoms with E-state index in [2.05, 4.69) is 5.14 Å². The minimum Gasteiger partial charge on any atom is -0.229 e. The fraction of sp³-hybridized carbons (Fsp3) is 1.00. The highest BCUT2D eigenvalue weighted by Crippen LogP contribution is 2.45. The highest BCUT2D eigenvalue weighted by molar-refractivity contribution is 7.89. The summed E-state index contributed by atoms with van der Waals surface area (Å²) in [6.07, 6.45) is -3.97. The number of nitrogens with two attached hydrogens (primary N) is 1. The number of rotatable bonds is 2. The minimum absolute atomic E-state index is 0.0175. The molecule has 2 unspecified atom stereocenters. The van der Waals surface area contributed by atoms with Crippen LogP contribution in [0.15, 0.2) is 0 Å². The van der Waals surface area contributed by atoms with Crippen molar-refractivity contribution in [3.8, 4) is 0 Å². The second kappa shape index (κ2) is 3.13. The van der Waals surface area contributed by atoms with E-state index in [1.807, 2.05) is 0 Å². The third-order valence-corrected chi connectivity index (χ3v) is 3.18. The molecule has 78 valence electrons. The molecule has 1 saturated carbocycles. The summed E-state index contributed by atoms with van der Waals surface area (Å²) in [5, 5.41) is 4.66. The van der Waals surface area contributed by atoms with E-state index in [4.69, 9.17) is 0 Å². The summed E-state index contributed by atoms with van der Waals surface area (Å²) in [4.78, 5) is 0. The van der Waals surface area contributed by atoms with Crippen molar-refractivity contribution in [2.75, 3.05) is 5.75 Å². The van der Waals surface area contributed by atoms with Gasteiger partial charge in [-0.25, -0.2) is 13.6 Å². The van der Waals surface area contributed by atoms with Crippen LogP contribution in [0.25, 0.3) is 0 Å². The van der Waals surface area contributed by atoms with Crippen molar-refractivity contribution in [1.82, 2.24) is 0 Å². The van der Waals surface area contributed by atoms with Gasteiger partial charge < -0.3 is 0 Å². The molecule has 3 nitrogen and oxygen atoms in total. The third-order valence-electron chi connectivity index (χ3n) is 2.28. The molecular weight excluding hydrogens is 207 g/mol. The molecule has 1 rings (SSSR count). The van der Waals surface area contributed by atoms with E-state index in [1.54, 1.807) is 0 Å². The van der Waals surface area contributed by atoms with Gasteiger partial charge in [0.05, 0.1) is 11.7 Å². The monoisotopic (exact) mass is 217 g/mol. The first-order valence-corrected chi connectivity index (χ1v) is 5.49. The molecule has 0 aromatic carbocycles. The molecule has 1 fully saturated rings. The number of primary sulfonamides is 1. The van der Waals surface area contributed by atoms with Crippen LogP contribution in [-0.4, -0.2) is 20.3 Å². The first kappa shape index (κ1) is 10.8. The zero-order valence-corrected chi connectivity index (χ0v) is 7.53. The van der Waals surface area contributed by atoms with E-state index in [0.717, 1.165) is 0 Å². The Morgan fingerprint density at radius 2 is 1.85 bits per heavy atom. The highest BCUT2D eigenvalue weighted by atomic mass is 32.2. The molecule has 0 saturated heterocycles. The smallest absolute Gasteiger partial charge is 0.229 e. The zero-order valence-electron chi connectivity index (χ0n) is 6.71. The molecule has 0 aromatic heterocycles. The highest BCUT2D eigenvalue weighted by Gasteiger charge is 2.50. The maximum absolute atomic E-state index is 12.1. The van der Waals surface area contributed by atoms with Gasteiger partial charge in [0.15, 0.2) is 0 Å². The fourth-order valence-electron chi connectivity index (χ4n) is 1.50. The van der Waals surface area contributed by atoms with Gasteiger partial charge in [-0.2, -0.15) is 13.2 Å². The van der Waals surface area contributed by atoms with Crippen LogP contribution < -0.4 is 5.14 Å². The van der Waals surface area contributed by atoms with Crippen LogP contribution in [0.2, 0.25) is 0 Å². The minimum atomic E-state index is -4.28. The Balaban J connectivity index is 2.56. The van der Waals surface area contributed by atoms with Gasteiger partial charge in [0, 0.05) is 0 Å². The summed E-state index contributed by atoms with van der Waals surface area (Å²) in [7, 11) is -3.78. The Morgan fingerprint density at radius 3 is 2.08 bits per heavy atom. The molecule has 1 aliphatic carbocycles. The van der Waals surface area contributed by atoms with Crippen LogP contribution in [0.1, 0.15) is 12.8 Å². The molecule has 0 amide bonds. The summed E-state index contributed by atoms with van der Waals surface area (Å²) in [5.41, 5.74) is 0. The van der Waals surface area contributed by atoms with Gasteiger partial charge in [-0.15, -0.1) is 0 Å². The quantitative estimate of drug-likeness (QED) is 0.745. The lowest BCUT2D eigenvalue weighted by Gasteiger charge is -2.37. The van der Waals surface area contributed by atoms with Gasteiger partial charge in [-0.3, -0.25) is 0 Å². The Morgan fingerprint density at radius 1 is 1.31 bits per heavy atom. The van der Waals surface area contributed by atoms with Gasteiger partial charge in [0.2, 0.25) is 10.0 Å². The van der Waals surface area contributed by atoms with Crippen LogP contribution in [0, 0.1) is 11.8 Å². The summed E-state index contributed by atoms with van der Waals surface area (Å²) >= 11 is 0. The Labute approximate surface area is 74.2 Å². The number of alkyl halides is 3. The Bertz CT molecular complexity index is 285. The van der Waals surface area contributed by atoms with Gasteiger partial charge in [-0.1, -0.05) is 0 Å². The topological polar surface area (TPSA) is 60.2 Å². The van der Waals surface area contributed by atoms with E-state index in [0.29, 0.717) is 6.42 Å². The summed E-state index contributed by atoms with van der Waals surface area (Å²) in [6, 6.07) is 0. The second-order valence-electron chi connectivity index (χ2n) is 3.32. The Kier molecular flexibility index (Phi) is 2.59. The largest absolute Gasteiger partial charge is 0.392 e. The lowest BCUT2D eigenvalue weighted by Crippen LogP contribution is -2.42. The number of hydrogen-bond donors (Lipinski definition) is 1. The van der Waals surface area contributed by atoms with E-state index < -0.39 is 33.8 Å². The maximum atomic E-state index is 12.1. The number of hydrogen-bond acceptors (Lipinski definition) is 2. The zero-order chi connectivity index (χ0) is 10.3. The normalized spacial score (nSPS) is 29.8. The maximum Gasteiger partial charge on any atom is 0.392 e. The number of sulfonamides is 1. The van der Waals surface area contributed by atoms with Crippen LogP contribution >= 0.6 is 0 Å². The van der Waals surface area contributed by atoms with Crippen LogP contribution in [0.5, 0.6) is 0 Å². The van der Waals surface area contributed by atoms with Crippen molar-refractivity contribution in [3.63, 3.8) is 0 Å². The van der Waals surface area contributed by atoms with Crippen molar-refractivity contribution in [1.29, 1.82) is 0 Å². The fourth-order valence-corrected chi connectivity index (χ4v) is 2.49. The standard InChI is InChI=1S/C6H10F3NO2S/c7-6(8,9)5-2-1-4(5)3-13(10,11)12/h4-5H,1-3H2,(H2,10,11,12). The first-order chi connectivity index (χ1) is 5.70. The average Bonchev–Trinajstić information content (AvgIpc) is 1.73. The van der Waals surface area contributed by atoms with Gasteiger partial charge in [-0.05, 0) is 18.8 Å². The van der Waals surface area contributed by atoms with Crippen molar-refractivity contribution < 1.29 is 21.6 Å². The Hall–Kier alpha value is -0.300. The number of halogens is 3. The molecule has 2 N–H and O–H groups in total. The molecule has 0 heterocycles. The van der Waals surface area contributed by atoms with Gasteiger partial charge >= 0.3 is 6.18 Å². The van der Waals surface area contributed by atoms with Crippen molar-refractivity contribution in [3.05, 3.63) is 0 Å². The van der Waals surface area contributed by atoms with Crippen LogP contribution in [-0.2, 0) is 10.0 Å². The van der Waals surface area contributed by atoms with E-state index in [9.17, 15) is 21.6 Å². The predicted molar refractivity (Wildman–Crippen MR) is 40.2 cm³/mol. The lowest BCUT2D eigenvalue weighted by molar-refractivity contribution is -0.209. The predicted octanol–water partition coefficient (Wildman–Crippen LogP) is 0.863. The molecular formula is C6H10F3NO2S. The lowest BCUT2D eigenvalue weighted by atomic mass is 9.74. The molecule has 0 radical (unpaired) electrons. The molecule has 1 aliphatic rings. The van der Waals surface area contributed by atoms with Gasteiger partial charge in [0.1, 0.15) is 0 Å². The van der Waals surface area contributed by atoms with E-state index in [-0.39, 0.29) is 6.42 Å². The summed E-state index contributed by atoms with van der Waals surface area (Å²) in [6.45, 7) is 0. The average molecular weight is 217 g/mol. The first-order valence-electron chi connectivity index (χ1n) is 3.77.